The topological polar surface area (TPSA) is 94.0 Å². The maximum absolute atomic E-state index is 13.7. The second-order valence-electron chi connectivity index (χ2n) is 8.55. The highest BCUT2D eigenvalue weighted by atomic mass is 19.4. The third-order valence-corrected chi connectivity index (χ3v) is 6.13. The first-order chi connectivity index (χ1) is 16.3. The number of hydrogen-bond acceptors (Lipinski definition) is 7. The molecule has 0 spiro atoms. The lowest BCUT2D eigenvalue weighted by atomic mass is 10.0. The van der Waals surface area contributed by atoms with Crippen LogP contribution < -0.4 is 4.74 Å². The minimum absolute atomic E-state index is 0.0201. The first-order valence-electron chi connectivity index (χ1n) is 10.9. The van der Waals surface area contributed by atoms with Gasteiger partial charge in [0.2, 0.25) is 11.7 Å². The number of likely N-dealkylation sites (tertiary alicyclic amines) is 1. The summed E-state index contributed by atoms with van der Waals surface area (Å²) >= 11 is 0. The van der Waals surface area contributed by atoms with Gasteiger partial charge in [0.05, 0.1) is 11.6 Å². The van der Waals surface area contributed by atoms with E-state index in [2.05, 4.69) is 24.9 Å². The lowest BCUT2D eigenvalue weighted by Gasteiger charge is -2.35. The van der Waals surface area contributed by atoms with E-state index in [0.717, 1.165) is 12.6 Å². The van der Waals surface area contributed by atoms with Gasteiger partial charge in [-0.05, 0) is 49.8 Å². The number of alkyl halides is 3. The molecule has 2 aliphatic rings. The summed E-state index contributed by atoms with van der Waals surface area (Å²) in [5.41, 5.74) is 1.45. The third kappa shape index (κ3) is 4.55. The predicted octanol–water partition coefficient (Wildman–Crippen LogP) is 3.59. The smallest absolute Gasteiger partial charge is 0.451 e. The molecular formula is C23H21F3N6O2. The van der Waals surface area contributed by atoms with E-state index >= 15 is 0 Å². The second-order valence-corrected chi connectivity index (χ2v) is 8.55. The van der Waals surface area contributed by atoms with Crippen LogP contribution in [0.25, 0.3) is 11.4 Å². The first kappa shape index (κ1) is 22.2. The molecule has 1 saturated carbocycles. The number of rotatable bonds is 5. The Hall–Kier alpha value is -3.63. The Labute approximate surface area is 193 Å². The molecular weight excluding hydrogens is 449 g/mol. The number of carbonyl (C=O) groups excluding carboxylic acids is 1. The van der Waals surface area contributed by atoms with Crippen LogP contribution in [0, 0.1) is 18.8 Å². The van der Waals surface area contributed by atoms with Crippen molar-refractivity contribution in [2.45, 2.75) is 32.0 Å². The highest BCUT2D eigenvalue weighted by Gasteiger charge is 2.48. The van der Waals surface area contributed by atoms with Crippen LogP contribution in [0.5, 0.6) is 5.88 Å². The molecule has 5 rings (SSSR count). The largest absolute Gasteiger partial charge is 0.475 e. The van der Waals surface area contributed by atoms with Gasteiger partial charge in [-0.1, -0.05) is 0 Å². The molecule has 3 aromatic heterocycles. The summed E-state index contributed by atoms with van der Waals surface area (Å²) in [6.45, 7) is 2.36. The van der Waals surface area contributed by atoms with Gasteiger partial charge in [-0.15, -0.1) is 0 Å². The van der Waals surface area contributed by atoms with Crippen molar-refractivity contribution in [3.8, 4) is 17.3 Å². The molecule has 0 bridgehead atoms. The number of hydrogen-bond donors (Lipinski definition) is 0. The fourth-order valence-electron chi connectivity index (χ4n) is 4.32. The molecule has 3 unspecified atom stereocenters. The summed E-state index contributed by atoms with van der Waals surface area (Å²) in [7, 11) is 0. The van der Waals surface area contributed by atoms with Crippen LogP contribution in [-0.4, -0.2) is 54.9 Å². The number of fused-ring (bicyclic) bond motifs is 1. The molecule has 0 N–H and O–H groups in total. The molecule has 176 valence electrons. The lowest BCUT2D eigenvalue weighted by molar-refractivity contribution is -0.145. The van der Waals surface area contributed by atoms with Gasteiger partial charge in [-0.2, -0.15) is 18.2 Å². The van der Waals surface area contributed by atoms with Crippen LogP contribution in [0.3, 0.4) is 0 Å². The van der Waals surface area contributed by atoms with Crippen molar-refractivity contribution >= 4 is 5.91 Å². The van der Waals surface area contributed by atoms with Gasteiger partial charge in [0, 0.05) is 36.9 Å². The highest BCUT2D eigenvalue weighted by molar-refractivity contribution is 5.98. The normalized spacial score (nSPS) is 21.6. The van der Waals surface area contributed by atoms with Gasteiger partial charge in [0.1, 0.15) is 12.3 Å². The monoisotopic (exact) mass is 470 g/mol. The van der Waals surface area contributed by atoms with Gasteiger partial charge in [0.15, 0.2) is 5.82 Å². The molecule has 11 heteroatoms. The van der Waals surface area contributed by atoms with Crippen molar-refractivity contribution in [3.63, 3.8) is 0 Å². The maximum Gasteiger partial charge on any atom is 0.451 e. The quantitative estimate of drug-likeness (QED) is 0.563. The average Bonchev–Trinajstić information content (AvgIpc) is 3.60. The molecule has 1 saturated heterocycles. The molecule has 8 nitrogen and oxygen atoms in total. The Morgan fingerprint density at radius 1 is 1.06 bits per heavy atom. The zero-order valence-electron chi connectivity index (χ0n) is 18.2. The van der Waals surface area contributed by atoms with E-state index in [4.69, 9.17) is 4.74 Å². The number of carbonyl (C=O) groups is 1. The number of nitrogens with zero attached hydrogens (tertiary/aromatic N) is 6. The van der Waals surface area contributed by atoms with Crippen molar-refractivity contribution in [2.75, 3.05) is 13.2 Å². The molecule has 1 aliphatic heterocycles. The standard InChI is InChI=1S/C23H21F3N6O2/c1-13-3-4-17(20-27-6-2-7-28-20)19(30-13)21(33)32-11-15-9-14(15)10-16(32)12-34-18-5-8-29-22(31-18)23(24,25)26/h2-8,14-16H,9-12H2,1H3. The summed E-state index contributed by atoms with van der Waals surface area (Å²) in [5.74, 6) is -0.426. The third-order valence-electron chi connectivity index (χ3n) is 6.13. The number of amides is 1. The average molecular weight is 470 g/mol. The van der Waals surface area contributed by atoms with E-state index in [9.17, 15) is 18.0 Å². The maximum atomic E-state index is 13.7. The molecule has 34 heavy (non-hydrogen) atoms. The van der Waals surface area contributed by atoms with Gasteiger partial charge < -0.3 is 9.64 Å². The number of pyridine rings is 1. The van der Waals surface area contributed by atoms with Crippen LogP contribution in [0.15, 0.2) is 42.9 Å². The Morgan fingerprint density at radius 2 is 1.85 bits per heavy atom. The Bertz CT molecular complexity index is 1210. The molecule has 3 atom stereocenters. The van der Waals surface area contributed by atoms with Gasteiger partial charge >= 0.3 is 6.18 Å². The summed E-state index contributed by atoms with van der Waals surface area (Å²) in [6.07, 6.45) is 1.26. The van der Waals surface area contributed by atoms with Crippen LogP contribution in [0.1, 0.15) is 34.8 Å². The van der Waals surface area contributed by atoms with Crippen molar-refractivity contribution < 1.29 is 22.7 Å². The van der Waals surface area contributed by atoms with Crippen molar-refractivity contribution in [3.05, 3.63) is 60.1 Å². The SMILES string of the molecule is Cc1ccc(-c2ncccn2)c(C(=O)N2CC3CC3CC2COc2ccnc(C(F)(F)F)n2)n1. The van der Waals surface area contributed by atoms with E-state index < -0.39 is 12.0 Å². The number of ether oxygens (including phenoxy) is 1. The molecule has 1 aliphatic carbocycles. The number of aromatic nitrogens is 5. The minimum Gasteiger partial charge on any atom is -0.475 e. The van der Waals surface area contributed by atoms with Gasteiger partial charge in [-0.25, -0.2) is 19.9 Å². The van der Waals surface area contributed by atoms with Crippen molar-refractivity contribution in [2.24, 2.45) is 11.8 Å². The van der Waals surface area contributed by atoms with Gasteiger partial charge in [0.25, 0.3) is 5.91 Å². The summed E-state index contributed by atoms with van der Waals surface area (Å²) in [4.78, 5) is 35.1. The van der Waals surface area contributed by atoms with Crippen LogP contribution >= 0.6 is 0 Å². The fraction of sp³-hybridized carbons (Fsp3) is 0.391. The molecule has 0 radical (unpaired) electrons. The number of piperidine rings is 1. The molecule has 1 amide bonds. The zero-order valence-corrected chi connectivity index (χ0v) is 18.2. The first-order valence-corrected chi connectivity index (χ1v) is 10.9. The summed E-state index contributed by atoms with van der Waals surface area (Å²) < 4.78 is 44.4. The minimum atomic E-state index is -4.67. The fourth-order valence-corrected chi connectivity index (χ4v) is 4.32. The van der Waals surface area contributed by atoms with E-state index in [-0.39, 0.29) is 30.1 Å². The van der Waals surface area contributed by atoms with E-state index in [1.807, 2.05) is 0 Å². The van der Waals surface area contributed by atoms with Gasteiger partial charge in [-0.3, -0.25) is 4.79 Å². The highest BCUT2D eigenvalue weighted by Crippen LogP contribution is 2.47. The molecule has 2 fully saturated rings. The number of aryl methyl sites for hydroxylation is 1. The summed E-state index contributed by atoms with van der Waals surface area (Å²) in [5, 5.41) is 0. The van der Waals surface area contributed by atoms with Crippen LogP contribution in [0.2, 0.25) is 0 Å². The van der Waals surface area contributed by atoms with Crippen LogP contribution in [-0.2, 0) is 6.18 Å². The Kier molecular flexibility index (Phi) is 5.62. The van der Waals surface area contributed by atoms with Crippen molar-refractivity contribution in [1.82, 2.24) is 29.8 Å². The molecule has 3 aromatic rings. The lowest BCUT2D eigenvalue weighted by Crippen LogP contribution is -2.48. The molecule has 0 aromatic carbocycles. The number of halogens is 3. The summed E-state index contributed by atoms with van der Waals surface area (Å²) in [6, 6.07) is 6.21. The van der Waals surface area contributed by atoms with E-state index in [0.29, 0.717) is 41.9 Å². The van der Waals surface area contributed by atoms with E-state index in [1.54, 1.807) is 42.4 Å². The van der Waals surface area contributed by atoms with Crippen molar-refractivity contribution in [1.29, 1.82) is 0 Å². The predicted molar refractivity (Wildman–Crippen MR) is 114 cm³/mol. The van der Waals surface area contributed by atoms with E-state index in [1.165, 1.54) is 6.07 Å². The second kappa shape index (κ2) is 8.62. The zero-order chi connectivity index (χ0) is 23.9. The Balaban J connectivity index is 1.40. The van der Waals surface area contributed by atoms with Crippen LogP contribution in [0.4, 0.5) is 13.2 Å². The molecule has 4 heterocycles. The Morgan fingerprint density at radius 3 is 2.62 bits per heavy atom.